The third kappa shape index (κ3) is 4.13. The highest BCUT2D eigenvalue weighted by molar-refractivity contribution is 5.81. The molecule has 1 saturated heterocycles. The van der Waals surface area contributed by atoms with Crippen LogP contribution in [0.25, 0.3) is 0 Å². The van der Waals surface area contributed by atoms with Gasteiger partial charge in [-0.25, -0.2) is 0 Å². The molecule has 0 aromatic heterocycles. The molecular weight excluding hydrogens is 284 g/mol. The van der Waals surface area contributed by atoms with Crippen LogP contribution in [0.15, 0.2) is 24.3 Å². The van der Waals surface area contributed by atoms with Crippen molar-refractivity contribution in [3.05, 3.63) is 24.3 Å². The van der Waals surface area contributed by atoms with Crippen molar-refractivity contribution in [3.63, 3.8) is 0 Å². The van der Waals surface area contributed by atoms with E-state index in [9.17, 15) is 9.59 Å². The summed E-state index contributed by atoms with van der Waals surface area (Å²) in [6.07, 6.45) is 1.53. The molecule has 1 aliphatic rings. The molecule has 1 atom stereocenters. The molecule has 120 valence electrons. The van der Waals surface area contributed by atoms with Gasteiger partial charge >= 0.3 is 0 Å². The molecule has 2 amide bonds. The molecular formula is C16H22N2O4. The summed E-state index contributed by atoms with van der Waals surface area (Å²) >= 11 is 0. The van der Waals surface area contributed by atoms with Crippen LogP contribution in [-0.2, 0) is 9.59 Å². The van der Waals surface area contributed by atoms with Crippen LogP contribution in [0, 0.1) is 5.92 Å². The first kappa shape index (κ1) is 16.1. The average molecular weight is 306 g/mol. The minimum absolute atomic E-state index is 0.0738. The first-order valence-electron chi connectivity index (χ1n) is 7.53. The zero-order valence-corrected chi connectivity index (χ0v) is 12.8. The van der Waals surface area contributed by atoms with Crippen molar-refractivity contribution in [1.29, 1.82) is 0 Å². The van der Waals surface area contributed by atoms with E-state index in [1.54, 1.807) is 17.0 Å². The van der Waals surface area contributed by atoms with E-state index in [2.05, 4.69) is 0 Å². The fourth-order valence-electron chi connectivity index (χ4n) is 2.51. The van der Waals surface area contributed by atoms with Crippen LogP contribution in [0.3, 0.4) is 0 Å². The Morgan fingerprint density at radius 1 is 1.27 bits per heavy atom. The number of primary amides is 1. The topological polar surface area (TPSA) is 81.9 Å². The number of piperidine rings is 1. The van der Waals surface area contributed by atoms with Gasteiger partial charge in [-0.2, -0.15) is 0 Å². The number of ether oxygens (including phenoxy) is 2. The Morgan fingerprint density at radius 3 is 2.59 bits per heavy atom. The van der Waals surface area contributed by atoms with Gasteiger partial charge in [-0.3, -0.25) is 9.59 Å². The first-order valence-corrected chi connectivity index (χ1v) is 7.53. The van der Waals surface area contributed by atoms with Gasteiger partial charge in [0.15, 0.2) is 18.1 Å². The number of amides is 2. The van der Waals surface area contributed by atoms with Gasteiger partial charge in [0.25, 0.3) is 5.91 Å². The molecule has 0 spiro atoms. The number of carbonyl (C=O) groups is 2. The lowest BCUT2D eigenvalue weighted by molar-refractivity contribution is -0.136. The summed E-state index contributed by atoms with van der Waals surface area (Å²) in [5.74, 6) is 0.415. The summed E-state index contributed by atoms with van der Waals surface area (Å²) in [4.78, 5) is 25.1. The van der Waals surface area contributed by atoms with Crippen LogP contribution in [0.4, 0.5) is 0 Å². The van der Waals surface area contributed by atoms with Crippen molar-refractivity contribution in [2.75, 3.05) is 26.3 Å². The van der Waals surface area contributed by atoms with Gasteiger partial charge in [0, 0.05) is 13.1 Å². The summed E-state index contributed by atoms with van der Waals surface area (Å²) in [6.45, 7) is 3.36. The van der Waals surface area contributed by atoms with Crippen LogP contribution in [0.5, 0.6) is 11.5 Å². The van der Waals surface area contributed by atoms with Crippen molar-refractivity contribution in [3.8, 4) is 11.5 Å². The highest BCUT2D eigenvalue weighted by Gasteiger charge is 2.27. The molecule has 6 nitrogen and oxygen atoms in total. The van der Waals surface area contributed by atoms with E-state index in [1.807, 2.05) is 19.1 Å². The van der Waals surface area contributed by atoms with Crippen LogP contribution in [0.1, 0.15) is 19.8 Å². The lowest BCUT2D eigenvalue weighted by Crippen LogP contribution is -2.45. The number of hydrogen-bond donors (Lipinski definition) is 1. The Hall–Kier alpha value is -2.24. The lowest BCUT2D eigenvalue weighted by atomic mass is 9.97. The highest BCUT2D eigenvalue weighted by atomic mass is 16.5. The molecule has 1 heterocycles. The average Bonchev–Trinajstić information content (AvgIpc) is 2.54. The van der Waals surface area contributed by atoms with E-state index in [0.717, 1.165) is 12.8 Å². The number of carbonyl (C=O) groups excluding carboxylic acids is 2. The Balaban J connectivity index is 1.91. The molecule has 0 aliphatic carbocycles. The van der Waals surface area contributed by atoms with Crippen LogP contribution in [0.2, 0.25) is 0 Å². The van der Waals surface area contributed by atoms with Crippen molar-refractivity contribution in [2.24, 2.45) is 11.7 Å². The largest absolute Gasteiger partial charge is 0.490 e. The molecule has 1 unspecified atom stereocenters. The van der Waals surface area contributed by atoms with Gasteiger partial charge < -0.3 is 20.1 Å². The summed E-state index contributed by atoms with van der Waals surface area (Å²) in [7, 11) is 0. The number of nitrogens with zero attached hydrogens (tertiary/aromatic N) is 1. The monoisotopic (exact) mass is 306 g/mol. The Morgan fingerprint density at radius 2 is 1.95 bits per heavy atom. The second kappa shape index (κ2) is 7.68. The Labute approximate surface area is 130 Å². The maximum atomic E-state index is 12.2. The number of para-hydroxylation sites is 2. The van der Waals surface area contributed by atoms with Crippen molar-refractivity contribution in [2.45, 2.75) is 19.8 Å². The quantitative estimate of drug-likeness (QED) is 0.856. The molecule has 1 fully saturated rings. The van der Waals surface area contributed by atoms with Crippen molar-refractivity contribution in [1.82, 2.24) is 4.90 Å². The van der Waals surface area contributed by atoms with Crippen LogP contribution >= 0.6 is 0 Å². The van der Waals surface area contributed by atoms with E-state index in [4.69, 9.17) is 15.2 Å². The zero-order valence-electron chi connectivity index (χ0n) is 12.8. The highest BCUT2D eigenvalue weighted by Crippen LogP contribution is 2.26. The van der Waals surface area contributed by atoms with Crippen molar-refractivity contribution < 1.29 is 19.1 Å². The molecule has 2 rings (SSSR count). The molecule has 6 heteroatoms. The maximum Gasteiger partial charge on any atom is 0.260 e. The van der Waals surface area contributed by atoms with E-state index in [-0.39, 0.29) is 24.3 Å². The fourth-order valence-corrected chi connectivity index (χ4v) is 2.51. The van der Waals surface area contributed by atoms with Gasteiger partial charge in [-0.15, -0.1) is 0 Å². The third-order valence-electron chi connectivity index (χ3n) is 3.68. The van der Waals surface area contributed by atoms with E-state index < -0.39 is 0 Å². The predicted molar refractivity (Wildman–Crippen MR) is 81.6 cm³/mol. The smallest absolute Gasteiger partial charge is 0.260 e. The third-order valence-corrected chi connectivity index (χ3v) is 3.68. The SMILES string of the molecule is CCOc1ccccc1OCC(=O)N1CCCC(C(N)=O)C1. The van der Waals surface area contributed by atoms with Gasteiger partial charge in [-0.1, -0.05) is 12.1 Å². The van der Waals surface area contributed by atoms with E-state index in [1.165, 1.54) is 0 Å². The molecule has 2 N–H and O–H groups in total. The maximum absolute atomic E-state index is 12.2. The molecule has 0 bridgehead atoms. The van der Waals surface area contributed by atoms with Gasteiger partial charge in [-0.05, 0) is 31.9 Å². The Bertz CT molecular complexity index is 533. The second-order valence-corrected chi connectivity index (χ2v) is 5.25. The van der Waals surface area contributed by atoms with Crippen molar-refractivity contribution >= 4 is 11.8 Å². The standard InChI is InChI=1S/C16H22N2O4/c1-2-21-13-7-3-4-8-14(13)22-11-15(19)18-9-5-6-12(10-18)16(17)20/h3-4,7-8,12H,2,5-6,9-11H2,1H3,(H2,17,20). The number of likely N-dealkylation sites (tertiary alicyclic amines) is 1. The summed E-state index contributed by atoms with van der Waals surface area (Å²) < 4.78 is 11.0. The van der Waals surface area contributed by atoms with Crippen LogP contribution in [-0.4, -0.2) is 43.0 Å². The van der Waals surface area contributed by atoms with Crippen LogP contribution < -0.4 is 15.2 Å². The molecule has 1 aliphatic heterocycles. The minimum Gasteiger partial charge on any atom is -0.490 e. The molecule has 0 saturated carbocycles. The molecule has 1 aromatic rings. The summed E-state index contributed by atoms with van der Waals surface area (Å²) in [5.41, 5.74) is 5.32. The summed E-state index contributed by atoms with van der Waals surface area (Å²) in [6, 6.07) is 7.24. The lowest BCUT2D eigenvalue weighted by Gasteiger charge is -2.31. The molecule has 0 radical (unpaired) electrons. The van der Waals surface area contributed by atoms with E-state index >= 15 is 0 Å². The summed E-state index contributed by atoms with van der Waals surface area (Å²) in [5, 5.41) is 0. The van der Waals surface area contributed by atoms with Gasteiger partial charge in [0.2, 0.25) is 5.91 Å². The minimum atomic E-state index is -0.347. The number of hydrogen-bond acceptors (Lipinski definition) is 4. The van der Waals surface area contributed by atoms with Gasteiger partial charge in [0.05, 0.1) is 12.5 Å². The second-order valence-electron chi connectivity index (χ2n) is 5.25. The zero-order chi connectivity index (χ0) is 15.9. The number of benzene rings is 1. The predicted octanol–water partition coefficient (Wildman–Crippen LogP) is 1.19. The van der Waals surface area contributed by atoms with E-state index in [0.29, 0.717) is 31.2 Å². The molecule has 1 aromatic carbocycles. The first-order chi connectivity index (χ1) is 10.6. The normalized spacial score (nSPS) is 17.9. The number of nitrogens with two attached hydrogens (primary N) is 1. The number of rotatable bonds is 6. The molecule has 22 heavy (non-hydrogen) atoms. The Kier molecular flexibility index (Phi) is 5.63. The fraction of sp³-hybridized carbons (Fsp3) is 0.500. The van der Waals surface area contributed by atoms with Gasteiger partial charge in [0.1, 0.15) is 0 Å².